The van der Waals surface area contributed by atoms with Crippen LogP contribution in [-0.2, 0) is 14.8 Å². The van der Waals surface area contributed by atoms with Crippen molar-refractivity contribution in [2.24, 2.45) is 0 Å². The summed E-state index contributed by atoms with van der Waals surface area (Å²) < 4.78 is 31.5. The Labute approximate surface area is 128 Å². The molecule has 0 atom stereocenters. The quantitative estimate of drug-likeness (QED) is 0.834. The summed E-state index contributed by atoms with van der Waals surface area (Å²) in [5, 5.41) is 12.5. The lowest BCUT2D eigenvalue weighted by molar-refractivity contribution is -0.137. The molecule has 0 spiro atoms. The first kappa shape index (κ1) is 16.2. The van der Waals surface area contributed by atoms with E-state index in [-0.39, 0.29) is 11.4 Å². The summed E-state index contributed by atoms with van der Waals surface area (Å²) >= 11 is 0. The van der Waals surface area contributed by atoms with Gasteiger partial charge in [0.2, 0.25) is 10.0 Å². The number of nitrogens with zero attached hydrogens (tertiary/aromatic N) is 2. The van der Waals surface area contributed by atoms with E-state index in [2.05, 4.69) is 5.16 Å². The topological polar surface area (TPSA) is 101 Å². The first-order valence-corrected chi connectivity index (χ1v) is 8.13. The van der Waals surface area contributed by atoms with Crippen LogP contribution in [-0.4, -0.2) is 42.0 Å². The number of carbonyl (C=O) groups is 1. The van der Waals surface area contributed by atoms with Gasteiger partial charge in [-0.05, 0) is 18.6 Å². The second-order valence-electron chi connectivity index (χ2n) is 4.61. The number of benzene rings is 1. The molecule has 0 saturated heterocycles. The van der Waals surface area contributed by atoms with Crippen LogP contribution >= 0.6 is 0 Å². The molecule has 0 unspecified atom stereocenters. The lowest BCUT2D eigenvalue weighted by Crippen LogP contribution is -2.36. The molecule has 1 N–H and O–H groups in total. The zero-order valence-corrected chi connectivity index (χ0v) is 12.8. The highest BCUT2D eigenvalue weighted by Gasteiger charge is 2.29. The Morgan fingerprint density at radius 1 is 1.32 bits per heavy atom. The second-order valence-corrected chi connectivity index (χ2v) is 6.51. The van der Waals surface area contributed by atoms with E-state index in [1.54, 1.807) is 31.2 Å². The molecule has 0 saturated carbocycles. The lowest BCUT2D eigenvalue weighted by atomic mass is 10.2. The van der Waals surface area contributed by atoms with Crippen molar-refractivity contribution >= 4 is 16.0 Å². The van der Waals surface area contributed by atoms with Crippen LogP contribution < -0.4 is 0 Å². The number of aromatic nitrogens is 1. The zero-order valence-electron chi connectivity index (χ0n) is 12.0. The normalized spacial score (nSPS) is 11.7. The van der Waals surface area contributed by atoms with E-state index < -0.39 is 22.5 Å². The summed E-state index contributed by atoms with van der Waals surface area (Å²) in [6.45, 7) is 1.33. The number of aliphatic carboxylic acids is 1. The van der Waals surface area contributed by atoms with Gasteiger partial charge in [0, 0.05) is 18.2 Å². The van der Waals surface area contributed by atoms with Crippen molar-refractivity contribution < 1.29 is 22.8 Å². The Bertz CT molecular complexity index is 740. The molecule has 0 aliphatic carbocycles. The molecule has 118 valence electrons. The van der Waals surface area contributed by atoms with Gasteiger partial charge in [-0.1, -0.05) is 24.2 Å². The van der Waals surface area contributed by atoms with Gasteiger partial charge in [0.25, 0.3) is 0 Å². The Morgan fingerprint density at radius 3 is 2.64 bits per heavy atom. The second kappa shape index (κ2) is 6.71. The van der Waals surface area contributed by atoms with Crippen molar-refractivity contribution in [3.05, 3.63) is 36.5 Å². The van der Waals surface area contributed by atoms with Crippen molar-refractivity contribution in [2.45, 2.75) is 18.2 Å². The first-order valence-electron chi connectivity index (χ1n) is 6.69. The smallest absolute Gasteiger partial charge is 0.318 e. The maximum Gasteiger partial charge on any atom is 0.318 e. The van der Waals surface area contributed by atoms with E-state index in [0.29, 0.717) is 17.7 Å². The summed E-state index contributed by atoms with van der Waals surface area (Å²) in [5.74, 6) is -0.889. The minimum atomic E-state index is -3.95. The third-order valence-electron chi connectivity index (χ3n) is 2.99. The predicted octanol–water partition coefficient (Wildman–Crippen LogP) is 1.83. The van der Waals surface area contributed by atoms with Crippen LogP contribution in [0, 0.1) is 0 Å². The molecular formula is C14H16N2O5S. The molecule has 2 aromatic rings. The van der Waals surface area contributed by atoms with Crippen LogP contribution in [0.4, 0.5) is 0 Å². The Morgan fingerprint density at radius 2 is 2.05 bits per heavy atom. The van der Waals surface area contributed by atoms with Crippen molar-refractivity contribution in [2.75, 3.05) is 13.1 Å². The molecular weight excluding hydrogens is 308 g/mol. The fourth-order valence-electron chi connectivity index (χ4n) is 2.07. The van der Waals surface area contributed by atoms with Gasteiger partial charge in [0.15, 0.2) is 5.76 Å². The number of carboxylic acid groups (broad SMARTS) is 1. The van der Waals surface area contributed by atoms with Gasteiger partial charge in [-0.2, -0.15) is 4.31 Å². The largest absolute Gasteiger partial charge is 0.480 e. The third-order valence-corrected chi connectivity index (χ3v) is 4.90. The van der Waals surface area contributed by atoms with Gasteiger partial charge in [-0.15, -0.1) is 0 Å². The van der Waals surface area contributed by atoms with E-state index in [4.69, 9.17) is 9.63 Å². The fourth-order valence-corrected chi connectivity index (χ4v) is 3.75. The Balaban J connectivity index is 2.51. The van der Waals surface area contributed by atoms with E-state index in [9.17, 15) is 13.2 Å². The Kier molecular flexibility index (Phi) is 4.94. The summed E-state index contributed by atoms with van der Waals surface area (Å²) in [7, 11) is -3.95. The van der Waals surface area contributed by atoms with Crippen molar-refractivity contribution in [3.63, 3.8) is 0 Å². The summed E-state index contributed by atoms with van der Waals surface area (Å²) in [6, 6.07) is 7.83. The van der Waals surface area contributed by atoms with Crippen LogP contribution in [0.1, 0.15) is 13.3 Å². The minimum Gasteiger partial charge on any atom is -0.480 e. The summed E-state index contributed by atoms with van der Waals surface area (Å²) in [4.78, 5) is 10.9. The fraction of sp³-hybridized carbons (Fsp3) is 0.286. The van der Waals surface area contributed by atoms with Crippen molar-refractivity contribution in [1.82, 2.24) is 9.46 Å². The minimum absolute atomic E-state index is 0.00134. The van der Waals surface area contributed by atoms with E-state index >= 15 is 0 Å². The molecule has 1 aromatic heterocycles. The van der Waals surface area contributed by atoms with E-state index in [1.165, 1.54) is 12.3 Å². The highest BCUT2D eigenvalue weighted by atomic mass is 32.2. The summed E-state index contributed by atoms with van der Waals surface area (Å²) in [6.07, 6.45) is 1.93. The molecule has 0 amide bonds. The van der Waals surface area contributed by atoms with Gasteiger partial charge in [0.1, 0.15) is 6.54 Å². The van der Waals surface area contributed by atoms with Crippen LogP contribution in [0.2, 0.25) is 0 Å². The monoisotopic (exact) mass is 324 g/mol. The molecule has 0 radical (unpaired) electrons. The highest BCUT2D eigenvalue weighted by Crippen LogP contribution is 2.29. The standard InChI is InChI=1S/C14H16N2O5S/c1-2-9-16(10-14(17)18)22(19,20)13-6-4-3-5-11(13)12-7-8-15-21-12/h3-8H,2,9-10H2,1H3,(H,17,18). The molecule has 8 heteroatoms. The number of hydrogen-bond donors (Lipinski definition) is 1. The summed E-state index contributed by atoms with van der Waals surface area (Å²) in [5.41, 5.74) is 0.353. The van der Waals surface area contributed by atoms with Gasteiger partial charge in [0.05, 0.1) is 11.1 Å². The molecule has 1 aromatic carbocycles. The number of rotatable bonds is 7. The maximum atomic E-state index is 12.8. The maximum absolute atomic E-state index is 12.8. The van der Waals surface area contributed by atoms with Crippen LogP contribution in [0.3, 0.4) is 0 Å². The van der Waals surface area contributed by atoms with Crippen molar-refractivity contribution in [3.8, 4) is 11.3 Å². The van der Waals surface area contributed by atoms with Gasteiger partial charge in [-0.25, -0.2) is 8.42 Å². The Hall–Kier alpha value is -2.19. The van der Waals surface area contributed by atoms with Gasteiger partial charge < -0.3 is 9.63 Å². The number of sulfonamides is 1. The molecule has 7 nitrogen and oxygen atoms in total. The van der Waals surface area contributed by atoms with Crippen LogP contribution in [0.25, 0.3) is 11.3 Å². The van der Waals surface area contributed by atoms with Gasteiger partial charge in [-0.3, -0.25) is 4.79 Å². The molecule has 0 fully saturated rings. The number of hydrogen-bond acceptors (Lipinski definition) is 5. The predicted molar refractivity (Wildman–Crippen MR) is 78.6 cm³/mol. The van der Waals surface area contributed by atoms with Crippen LogP contribution in [0.5, 0.6) is 0 Å². The molecule has 2 rings (SSSR count). The molecule has 1 heterocycles. The van der Waals surface area contributed by atoms with E-state index in [0.717, 1.165) is 4.31 Å². The average Bonchev–Trinajstić information content (AvgIpc) is 3.00. The third kappa shape index (κ3) is 3.34. The SMILES string of the molecule is CCCN(CC(=O)O)S(=O)(=O)c1ccccc1-c1ccno1. The number of carboxylic acids is 1. The lowest BCUT2D eigenvalue weighted by Gasteiger charge is -2.20. The molecule has 0 bridgehead atoms. The molecule has 22 heavy (non-hydrogen) atoms. The molecule has 0 aliphatic heterocycles. The van der Waals surface area contributed by atoms with Gasteiger partial charge >= 0.3 is 5.97 Å². The average molecular weight is 324 g/mol. The zero-order chi connectivity index (χ0) is 16.2. The first-order chi connectivity index (χ1) is 10.5. The van der Waals surface area contributed by atoms with E-state index in [1.807, 2.05) is 0 Å². The molecule has 0 aliphatic rings. The highest BCUT2D eigenvalue weighted by molar-refractivity contribution is 7.89. The van der Waals surface area contributed by atoms with Crippen LogP contribution in [0.15, 0.2) is 45.9 Å². The van der Waals surface area contributed by atoms with Crippen molar-refractivity contribution in [1.29, 1.82) is 0 Å².